The van der Waals surface area contributed by atoms with Gasteiger partial charge in [-0.1, -0.05) is 29.8 Å². The van der Waals surface area contributed by atoms with E-state index in [1.165, 1.54) is 18.9 Å². The van der Waals surface area contributed by atoms with Crippen LogP contribution in [-0.2, 0) is 20.9 Å². The van der Waals surface area contributed by atoms with Crippen molar-refractivity contribution in [3.8, 4) is 0 Å². The van der Waals surface area contributed by atoms with E-state index in [0.29, 0.717) is 19.4 Å². The fourth-order valence-corrected chi connectivity index (χ4v) is 2.67. The smallest absolute Gasteiger partial charge is 0.326 e. The average molecular weight is 318 g/mol. The van der Waals surface area contributed by atoms with E-state index in [2.05, 4.69) is 0 Å². The normalized spacial score (nSPS) is 18.8. The topological polar surface area (TPSA) is 77.9 Å². The quantitative estimate of drug-likeness (QED) is 0.890. The number of carbonyl (C=O) groups is 3. The molecule has 1 fully saturated rings. The molecule has 124 valence electrons. The SMILES string of the molecule is Cc1ccc(CN2C(=O)CC[C@@H]2C(=O)N(C)[C@@H](C)C(=O)O)cc1. The summed E-state index contributed by atoms with van der Waals surface area (Å²) >= 11 is 0. The van der Waals surface area contributed by atoms with Crippen molar-refractivity contribution < 1.29 is 19.5 Å². The number of rotatable bonds is 5. The number of likely N-dealkylation sites (N-methyl/N-ethyl adjacent to an activating group) is 1. The van der Waals surface area contributed by atoms with E-state index in [-0.39, 0.29) is 11.8 Å². The fraction of sp³-hybridized carbons (Fsp3) is 0.471. The Hall–Kier alpha value is -2.37. The number of amides is 2. The van der Waals surface area contributed by atoms with Gasteiger partial charge in [0.1, 0.15) is 12.1 Å². The van der Waals surface area contributed by atoms with Gasteiger partial charge in [-0.15, -0.1) is 0 Å². The van der Waals surface area contributed by atoms with Crippen LogP contribution in [-0.4, -0.2) is 51.8 Å². The van der Waals surface area contributed by atoms with Gasteiger partial charge in [0.15, 0.2) is 0 Å². The Bertz CT molecular complexity index is 612. The number of carboxylic acid groups (broad SMARTS) is 1. The van der Waals surface area contributed by atoms with E-state index < -0.39 is 18.1 Å². The van der Waals surface area contributed by atoms with Gasteiger partial charge < -0.3 is 14.9 Å². The molecule has 1 aromatic rings. The highest BCUT2D eigenvalue weighted by Gasteiger charge is 2.39. The summed E-state index contributed by atoms with van der Waals surface area (Å²) in [5.41, 5.74) is 2.08. The molecule has 2 rings (SSSR count). The molecule has 1 saturated heterocycles. The van der Waals surface area contributed by atoms with Gasteiger partial charge in [0.2, 0.25) is 11.8 Å². The predicted octanol–water partition coefficient (Wildman–Crippen LogP) is 1.42. The Morgan fingerprint density at radius 3 is 2.52 bits per heavy atom. The van der Waals surface area contributed by atoms with Gasteiger partial charge in [0, 0.05) is 20.0 Å². The number of carbonyl (C=O) groups excluding carboxylic acids is 2. The largest absolute Gasteiger partial charge is 0.480 e. The minimum atomic E-state index is -1.06. The molecule has 2 atom stereocenters. The van der Waals surface area contributed by atoms with Gasteiger partial charge in [-0.2, -0.15) is 0 Å². The monoisotopic (exact) mass is 318 g/mol. The Morgan fingerprint density at radius 1 is 1.35 bits per heavy atom. The Kier molecular flexibility index (Phi) is 5.03. The highest BCUT2D eigenvalue weighted by molar-refractivity contribution is 5.92. The summed E-state index contributed by atoms with van der Waals surface area (Å²) in [5.74, 6) is -1.45. The summed E-state index contributed by atoms with van der Waals surface area (Å²) in [6.07, 6.45) is 0.748. The number of hydrogen-bond donors (Lipinski definition) is 1. The first-order valence-corrected chi connectivity index (χ1v) is 7.65. The van der Waals surface area contributed by atoms with Crippen LogP contribution in [0.2, 0.25) is 0 Å². The molecular formula is C17H22N2O4. The number of hydrogen-bond acceptors (Lipinski definition) is 3. The summed E-state index contributed by atoms with van der Waals surface area (Å²) in [7, 11) is 1.47. The van der Waals surface area contributed by atoms with Crippen LogP contribution < -0.4 is 0 Å². The molecule has 2 amide bonds. The van der Waals surface area contributed by atoms with E-state index in [1.54, 1.807) is 4.90 Å². The number of carboxylic acids is 1. The van der Waals surface area contributed by atoms with Crippen molar-refractivity contribution in [3.05, 3.63) is 35.4 Å². The molecule has 1 aromatic carbocycles. The molecule has 1 aliphatic rings. The number of aliphatic carboxylic acids is 1. The fourth-order valence-electron chi connectivity index (χ4n) is 2.67. The molecule has 1 heterocycles. The zero-order valence-electron chi connectivity index (χ0n) is 13.7. The number of likely N-dealkylation sites (tertiary alicyclic amines) is 1. The molecule has 23 heavy (non-hydrogen) atoms. The molecule has 0 bridgehead atoms. The van der Waals surface area contributed by atoms with Crippen LogP contribution in [0, 0.1) is 6.92 Å². The van der Waals surface area contributed by atoms with Crippen molar-refractivity contribution in [1.29, 1.82) is 0 Å². The molecule has 0 unspecified atom stereocenters. The standard InChI is InChI=1S/C17H22N2O4/c1-11-4-6-13(7-5-11)10-19-14(8-9-15(19)20)16(21)18(3)12(2)17(22)23/h4-7,12,14H,8-10H2,1-3H3,(H,22,23)/t12-,14+/m0/s1. The maximum absolute atomic E-state index is 12.6. The molecule has 0 aliphatic carbocycles. The van der Waals surface area contributed by atoms with Crippen molar-refractivity contribution in [1.82, 2.24) is 9.80 Å². The molecule has 0 aromatic heterocycles. The van der Waals surface area contributed by atoms with Gasteiger partial charge in [0.05, 0.1) is 0 Å². The van der Waals surface area contributed by atoms with E-state index in [1.807, 2.05) is 31.2 Å². The minimum absolute atomic E-state index is 0.0692. The number of aryl methyl sites for hydroxylation is 1. The van der Waals surface area contributed by atoms with Crippen molar-refractivity contribution >= 4 is 17.8 Å². The average Bonchev–Trinajstić information content (AvgIpc) is 2.88. The summed E-state index contributed by atoms with van der Waals surface area (Å²) < 4.78 is 0. The van der Waals surface area contributed by atoms with Gasteiger partial charge in [-0.25, -0.2) is 4.79 Å². The zero-order valence-corrected chi connectivity index (χ0v) is 13.7. The molecular weight excluding hydrogens is 296 g/mol. The van der Waals surface area contributed by atoms with Gasteiger partial charge >= 0.3 is 5.97 Å². The second-order valence-corrected chi connectivity index (χ2v) is 6.03. The lowest BCUT2D eigenvalue weighted by molar-refractivity contribution is -0.151. The predicted molar refractivity (Wildman–Crippen MR) is 84.6 cm³/mol. The molecule has 0 spiro atoms. The van der Waals surface area contributed by atoms with Gasteiger partial charge in [0.25, 0.3) is 0 Å². The van der Waals surface area contributed by atoms with Crippen LogP contribution in [0.5, 0.6) is 0 Å². The summed E-state index contributed by atoms with van der Waals surface area (Å²) in [6.45, 7) is 3.81. The Balaban J connectivity index is 2.14. The third kappa shape index (κ3) is 3.70. The highest BCUT2D eigenvalue weighted by atomic mass is 16.4. The van der Waals surface area contributed by atoms with Crippen molar-refractivity contribution in [2.45, 2.75) is 45.3 Å². The molecule has 1 N–H and O–H groups in total. The van der Waals surface area contributed by atoms with Crippen LogP contribution in [0.15, 0.2) is 24.3 Å². The third-order valence-electron chi connectivity index (χ3n) is 4.37. The van der Waals surface area contributed by atoms with Gasteiger partial charge in [-0.05, 0) is 25.8 Å². The second-order valence-electron chi connectivity index (χ2n) is 6.03. The molecule has 0 radical (unpaired) electrons. The van der Waals surface area contributed by atoms with Crippen LogP contribution in [0.25, 0.3) is 0 Å². The molecule has 6 heteroatoms. The van der Waals surface area contributed by atoms with E-state index in [0.717, 1.165) is 11.1 Å². The van der Waals surface area contributed by atoms with Crippen LogP contribution in [0.4, 0.5) is 0 Å². The molecule has 0 saturated carbocycles. The second kappa shape index (κ2) is 6.81. The number of benzene rings is 1. The van der Waals surface area contributed by atoms with Crippen LogP contribution in [0.1, 0.15) is 30.9 Å². The third-order valence-corrected chi connectivity index (χ3v) is 4.37. The lowest BCUT2D eigenvalue weighted by atomic mass is 10.1. The van der Waals surface area contributed by atoms with Crippen molar-refractivity contribution in [2.75, 3.05) is 7.05 Å². The lowest BCUT2D eigenvalue weighted by Gasteiger charge is -2.30. The summed E-state index contributed by atoms with van der Waals surface area (Å²) in [6, 6.07) is 6.30. The zero-order chi connectivity index (χ0) is 17.1. The van der Waals surface area contributed by atoms with Crippen molar-refractivity contribution in [3.63, 3.8) is 0 Å². The maximum atomic E-state index is 12.6. The molecule has 1 aliphatic heterocycles. The Morgan fingerprint density at radius 2 is 1.96 bits per heavy atom. The minimum Gasteiger partial charge on any atom is -0.480 e. The summed E-state index contributed by atoms with van der Waals surface area (Å²) in [4.78, 5) is 38.5. The Labute approximate surface area is 135 Å². The lowest BCUT2D eigenvalue weighted by Crippen LogP contribution is -2.49. The van der Waals surface area contributed by atoms with E-state index in [4.69, 9.17) is 5.11 Å². The van der Waals surface area contributed by atoms with Crippen LogP contribution >= 0.6 is 0 Å². The first-order chi connectivity index (χ1) is 10.8. The first-order valence-electron chi connectivity index (χ1n) is 7.65. The highest BCUT2D eigenvalue weighted by Crippen LogP contribution is 2.23. The van der Waals surface area contributed by atoms with Crippen molar-refractivity contribution in [2.24, 2.45) is 0 Å². The number of nitrogens with zero attached hydrogens (tertiary/aromatic N) is 2. The van der Waals surface area contributed by atoms with Gasteiger partial charge in [-0.3, -0.25) is 9.59 Å². The molecule has 6 nitrogen and oxygen atoms in total. The van der Waals surface area contributed by atoms with E-state index >= 15 is 0 Å². The summed E-state index contributed by atoms with van der Waals surface area (Å²) in [5, 5.41) is 9.05. The maximum Gasteiger partial charge on any atom is 0.326 e. The first kappa shape index (κ1) is 17.0. The van der Waals surface area contributed by atoms with E-state index in [9.17, 15) is 14.4 Å². The van der Waals surface area contributed by atoms with Crippen LogP contribution in [0.3, 0.4) is 0 Å².